The van der Waals surface area contributed by atoms with E-state index in [0.29, 0.717) is 11.6 Å². The number of aryl methyl sites for hydroxylation is 2. The van der Waals surface area contributed by atoms with Crippen molar-refractivity contribution in [3.63, 3.8) is 0 Å². The minimum absolute atomic E-state index is 0.240. The molecule has 1 atom stereocenters. The van der Waals surface area contributed by atoms with Gasteiger partial charge >= 0.3 is 5.97 Å². The van der Waals surface area contributed by atoms with Crippen molar-refractivity contribution in [2.75, 3.05) is 13.1 Å². The van der Waals surface area contributed by atoms with Crippen molar-refractivity contribution in [2.45, 2.75) is 39.2 Å². The molecular weight excluding hydrogens is 302 g/mol. The largest absolute Gasteiger partial charge is 0.477 e. The first-order valence-electron chi connectivity index (χ1n) is 8.60. The van der Waals surface area contributed by atoms with Crippen LogP contribution in [0.15, 0.2) is 24.3 Å². The van der Waals surface area contributed by atoms with Gasteiger partial charge in [0.05, 0.1) is 5.69 Å². The zero-order valence-electron chi connectivity index (χ0n) is 14.6. The topological polar surface area (TPSA) is 58.4 Å². The Hall–Kier alpha value is -2.14. The van der Waals surface area contributed by atoms with Crippen molar-refractivity contribution in [3.8, 4) is 11.1 Å². The van der Waals surface area contributed by atoms with E-state index in [1.165, 1.54) is 29.5 Å². The number of carbonyl (C=O) groups is 1. The van der Waals surface area contributed by atoms with Gasteiger partial charge in [-0.1, -0.05) is 30.7 Å². The second-order valence-electron chi connectivity index (χ2n) is 6.63. The summed E-state index contributed by atoms with van der Waals surface area (Å²) in [5.41, 5.74) is 3.88. The van der Waals surface area contributed by atoms with Crippen LogP contribution in [0.5, 0.6) is 0 Å². The normalized spacial score (nSPS) is 17.0. The van der Waals surface area contributed by atoms with Crippen LogP contribution in [0.3, 0.4) is 0 Å². The van der Waals surface area contributed by atoms with Gasteiger partial charge in [0.25, 0.3) is 0 Å². The molecular formula is C19H25N3O2. The summed E-state index contributed by atoms with van der Waals surface area (Å²) in [7, 11) is 1.67. The summed E-state index contributed by atoms with van der Waals surface area (Å²) >= 11 is 0. The summed E-state index contributed by atoms with van der Waals surface area (Å²) in [5, 5.41) is 13.7. The SMILES string of the molecule is Cc1nn(C)c(C(=O)O)c1-c1ccc(C(C)N2CCCCC2)cc1. The van der Waals surface area contributed by atoms with Crippen molar-refractivity contribution >= 4 is 5.97 Å². The molecule has 2 aromatic rings. The number of carboxylic acid groups (broad SMARTS) is 1. The minimum atomic E-state index is -0.945. The zero-order valence-corrected chi connectivity index (χ0v) is 14.6. The molecule has 5 heteroatoms. The molecule has 0 radical (unpaired) electrons. The highest BCUT2D eigenvalue weighted by molar-refractivity contribution is 5.95. The van der Waals surface area contributed by atoms with E-state index in [0.717, 1.165) is 24.3 Å². The van der Waals surface area contributed by atoms with Gasteiger partial charge in [0.15, 0.2) is 5.69 Å². The molecule has 1 unspecified atom stereocenters. The molecule has 0 aliphatic carbocycles. The molecule has 0 saturated carbocycles. The average molecular weight is 327 g/mol. The molecule has 5 nitrogen and oxygen atoms in total. The molecule has 1 aliphatic heterocycles. The predicted octanol–water partition coefficient (Wildman–Crippen LogP) is 3.64. The van der Waals surface area contributed by atoms with E-state index in [9.17, 15) is 9.90 Å². The van der Waals surface area contributed by atoms with E-state index < -0.39 is 5.97 Å². The second-order valence-corrected chi connectivity index (χ2v) is 6.63. The molecule has 24 heavy (non-hydrogen) atoms. The highest BCUT2D eigenvalue weighted by atomic mass is 16.4. The van der Waals surface area contributed by atoms with Crippen LogP contribution in [0, 0.1) is 6.92 Å². The van der Waals surface area contributed by atoms with Crippen molar-refractivity contribution in [2.24, 2.45) is 7.05 Å². The van der Waals surface area contributed by atoms with Gasteiger partial charge in [0.2, 0.25) is 0 Å². The van der Waals surface area contributed by atoms with Crippen LogP contribution < -0.4 is 0 Å². The van der Waals surface area contributed by atoms with Crippen LogP contribution in [0.2, 0.25) is 0 Å². The van der Waals surface area contributed by atoms with Crippen molar-refractivity contribution < 1.29 is 9.90 Å². The monoisotopic (exact) mass is 327 g/mol. The number of aromatic nitrogens is 2. The molecule has 2 heterocycles. The third-order valence-corrected chi connectivity index (χ3v) is 5.04. The van der Waals surface area contributed by atoms with Crippen LogP contribution in [0.1, 0.15) is 54.0 Å². The minimum Gasteiger partial charge on any atom is -0.477 e. The summed E-state index contributed by atoms with van der Waals surface area (Å²) < 4.78 is 1.44. The number of carboxylic acids is 1. The molecule has 0 spiro atoms. The molecule has 1 saturated heterocycles. The van der Waals surface area contributed by atoms with Crippen molar-refractivity contribution in [3.05, 3.63) is 41.2 Å². The van der Waals surface area contributed by atoms with Gasteiger partial charge in [0, 0.05) is 18.7 Å². The summed E-state index contributed by atoms with van der Waals surface area (Å²) in [6.45, 7) is 6.42. The number of nitrogens with zero attached hydrogens (tertiary/aromatic N) is 3. The Bertz CT molecular complexity index is 728. The van der Waals surface area contributed by atoms with Gasteiger partial charge in [-0.05, 0) is 50.9 Å². The lowest BCUT2D eigenvalue weighted by molar-refractivity contribution is 0.0686. The lowest BCUT2D eigenvalue weighted by Gasteiger charge is -2.32. The number of aromatic carboxylic acids is 1. The van der Waals surface area contributed by atoms with Crippen molar-refractivity contribution in [1.29, 1.82) is 0 Å². The van der Waals surface area contributed by atoms with E-state index >= 15 is 0 Å². The molecule has 3 rings (SSSR count). The Balaban J connectivity index is 1.89. The number of benzene rings is 1. The second kappa shape index (κ2) is 6.77. The summed E-state index contributed by atoms with van der Waals surface area (Å²) in [6.07, 6.45) is 3.89. The van der Waals surface area contributed by atoms with Gasteiger partial charge in [-0.15, -0.1) is 0 Å². The molecule has 128 valence electrons. The maximum atomic E-state index is 11.5. The van der Waals surface area contributed by atoms with E-state index in [2.05, 4.69) is 29.1 Å². The van der Waals surface area contributed by atoms with E-state index in [-0.39, 0.29) is 5.69 Å². The van der Waals surface area contributed by atoms with Gasteiger partial charge < -0.3 is 5.11 Å². The Morgan fingerprint density at radius 2 is 1.79 bits per heavy atom. The Morgan fingerprint density at radius 1 is 1.17 bits per heavy atom. The van der Waals surface area contributed by atoms with Crippen LogP contribution in [0.4, 0.5) is 0 Å². The standard InChI is InChI=1S/C19H25N3O2/c1-13-17(18(19(23)24)21(3)20-13)16-9-7-15(8-10-16)14(2)22-11-5-4-6-12-22/h7-10,14H,4-6,11-12H2,1-3H3,(H,23,24). The summed E-state index contributed by atoms with van der Waals surface area (Å²) in [5.74, 6) is -0.945. The third kappa shape index (κ3) is 3.08. The molecule has 1 aromatic carbocycles. The fourth-order valence-corrected chi connectivity index (χ4v) is 3.69. The maximum Gasteiger partial charge on any atom is 0.354 e. The van der Waals surface area contributed by atoms with E-state index in [1.54, 1.807) is 7.05 Å². The molecule has 1 aliphatic rings. The maximum absolute atomic E-state index is 11.5. The Labute approximate surface area is 142 Å². The smallest absolute Gasteiger partial charge is 0.354 e. The average Bonchev–Trinajstić information content (AvgIpc) is 2.89. The number of rotatable bonds is 4. The number of likely N-dealkylation sites (tertiary alicyclic amines) is 1. The Morgan fingerprint density at radius 3 is 2.38 bits per heavy atom. The lowest BCUT2D eigenvalue weighted by Crippen LogP contribution is -2.32. The molecule has 0 bridgehead atoms. The highest BCUT2D eigenvalue weighted by Gasteiger charge is 2.22. The molecule has 1 aromatic heterocycles. The number of hydrogen-bond donors (Lipinski definition) is 1. The van der Waals surface area contributed by atoms with Gasteiger partial charge in [-0.2, -0.15) is 5.10 Å². The van der Waals surface area contributed by atoms with Gasteiger partial charge in [0.1, 0.15) is 0 Å². The van der Waals surface area contributed by atoms with Gasteiger partial charge in [-0.25, -0.2) is 4.79 Å². The molecule has 1 fully saturated rings. The van der Waals surface area contributed by atoms with Crippen LogP contribution in [-0.4, -0.2) is 38.8 Å². The predicted molar refractivity (Wildman–Crippen MR) is 94.2 cm³/mol. The fraction of sp³-hybridized carbons (Fsp3) is 0.474. The summed E-state index contributed by atoms with van der Waals surface area (Å²) in [6, 6.07) is 8.67. The van der Waals surface area contributed by atoms with E-state index in [4.69, 9.17) is 0 Å². The third-order valence-electron chi connectivity index (χ3n) is 5.04. The Kier molecular flexibility index (Phi) is 4.71. The van der Waals surface area contributed by atoms with Crippen LogP contribution in [0.25, 0.3) is 11.1 Å². The molecule has 1 N–H and O–H groups in total. The fourth-order valence-electron chi connectivity index (χ4n) is 3.69. The van der Waals surface area contributed by atoms with Crippen LogP contribution >= 0.6 is 0 Å². The van der Waals surface area contributed by atoms with Gasteiger partial charge in [-0.3, -0.25) is 9.58 Å². The van der Waals surface area contributed by atoms with Crippen LogP contribution in [-0.2, 0) is 7.05 Å². The quantitative estimate of drug-likeness (QED) is 0.931. The van der Waals surface area contributed by atoms with E-state index in [1.807, 2.05) is 19.1 Å². The molecule has 0 amide bonds. The first kappa shape index (κ1) is 16.7. The lowest BCUT2D eigenvalue weighted by atomic mass is 9.98. The van der Waals surface area contributed by atoms with Crippen molar-refractivity contribution in [1.82, 2.24) is 14.7 Å². The zero-order chi connectivity index (χ0) is 17.3. The highest BCUT2D eigenvalue weighted by Crippen LogP contribution is 2.30. The number of piperidine rings is 1. The first-order chi connectivity index (χ1) is 11.5. The first-order valence-corrected chi connectivity index (χ1v) is 8.60. The summed E-state index contributed by atoms with van der Waals surface area (Å²) in [4.78, 5) is 14.1. The number of hydrogen-bond acceptors (Lipinski definition) is 3.